The van der Waals surface area contributed by atoms with Gasteiger partial charge in [0.2, 0.25) is 0 Å². The van der Waals surface area contributed by atoms with Crippen LogP contribution in [0.25, 0.3) is 0 Å². The predicted octanol–water partition coefficient (Wildman–Crippen LogP) is 2.46. The maximum Gasteiger partial charge on any atom is 0.387 e. The summed E-state index contributed by atoms with van der Waals surface area (Å²) in [4.78, 5) is 0. The van der Waals surface area contributed by atoms with E-state index in [1.165, 1.54) is 18.2 Å². The van der Waals surface area contributed by atoms with Gasteiger partial charge in [-0.2, -0.15) is 8.78 Å². The molecule has 1 aromatic carbocycles. The summed E-state index contributed by atoms with van der Waals surface area (Å²) in [6.45, 7) is -2.81. The van der Waals surface area contributed by atoms with Crippen LogP contribution in [0.4, 0.5) is 8.78 Å². The Kier molecular flexibility index (Phi) is 2.85. The van der Waals surface area contributed by atoms with Crippen LogP contribution in [0.5, 0.6) is 11.5 Å². The molecule has 0 fully saturated rings. The normalized spacial score (nSPS) is 10.0. The molecular weight excluding hydrogens is 166 g/mol. The van der Waals surface area contributed by atoms with E-state index in [1.54, 1.807) is 6.07 Å². The standard InChI is InChI=1S/C8H7F2O2/c1-11-6-3-2-4-7(5-6)12-8(9)10/h2-5,8H,1H2. The first-order chi connectivity index (χ1) is 5.72. The number of alkyl halides is 2. The minimum Gasteiger partial charge on any atom is -0.490 e. The maximum atomic E-state index is 11.7. The van der Waals surface area contributed by atoms with E-state index in [4.69, 9.17) is 0 Å². The van der Waals surface area contributed by atoms with E-state index in [0.29, 0.717) is 5.75 Å². The molecule has 0 spiro atoms. The molecule has 65 valence electrons. The highest BCUT2D eigenvalue weighted by Crippen LogP contribution is 2.20. The van der Waals surface area contributed by atoms with E-state index in [-0.39, 0.29) is 5.75 Å². The molecule has 0 heterocycles. The molecular formula is C8H7F2O2. The third-order valence-electron chi connectivity index (χ3n) is 1.20. The third kappa shape index (κ3) is 2.38. The zero-order chi connectivity index (χ0) is 8.97. The van der Waals surface area contributed by atoms with Crippen LogP contribution in [0.3, 0.4) is 0 Å². The van der Waals surface area contributed by atoms with E-state index >= 15 is 0 Å². The van der Waals surface area contributed by atoms with Crippen LogP contribution in [0.1, 0.15) is 0 Å². The van der Waals surface area contributed by atoms with Gasteiger partial charge in [0.1, 0.15) is 18.6 Å². The van der Waals surface area contributed by atoms with E-state index < -0.39 is 6.61 Å². The van der Waals surface area contributed by atoms with Crippen molar-refractivity contribution in [1.82, 2.24) is 0 Å². The molecule has 0 aliphatic carbocycles. The van der Waals surface area contributed by atoms with Crippen LogP contribution in [0.2, 0.25) is 0 Å². The van der Waals surface area contributed by atoms with Crippen molar-refractivity contribution in [3.05, 3.63) is 31.4 Å². The Morgan fingerprint density at radius 2 is 1.92 bits per heavy atom. The number of rotatable bonds is 3. The van der Waals surface area contributed by atoms with Gasteiger partial charge >= 0.3 is 6.61 Å². The second-order valence-corrected chi connectivity index (χ2v) is 2.00. The highest BCUT2D eigenvalue weighted by Gasteiger charge is 2.03. The van der Waals surface area contributed by atoms with Gasteiger partial charge in [-0.25, -0.2) is 0 Å². The maximum absolute atomic E-state index is 11.7. The van der Waals surface area contributed by atoms with Gasteiger partial charge in [0.05, 0.1) is 0 Å². The Morgan fingerprint density at radius 3 is 2.50 bits per heavy atom. The van der Waals surface area contributed by atoms with E-state index in [2.05, 4.69) is 16.6 Å². The average molecular weight is 173 g/mol. The smallest absolute Gasteiger partial charge is 0.387 e. The molecule has 0 N–H and O–H groups in total. The van der Waals surface area contributed by atoms with Crippen molar-refractivity contribution < 1.29 is 18.3 Å². The Balaban J connectivity index is 2.72. The van der Waals surface area contributed by atoms with Crippen molar-refractivity contribution in [3.8, 4) is 11.5 Å². The lowest BCUT2D eigenvalue weighted by atomic mass is 10.3. The number of hydrogen-bond donors (Lipinski definition) is 0. The highest BCUT2D eigenvalue weighted by molar-refractivity contribution is 5.32. The monoisotopic (exact) mass is 173 g/mol. The quantitative estimate of drug-likeness (QED) is 0.698. The van der Waals surface area contributed by atoms with E-state index in [1.807, 2.05) is 0 Å². The second kappa shape index (κ2) is 3.90. The molecule has 0 aliphatic rings. The first-order valence-electron chi connectivity index (χ1n) is 3.19. The van der Waals surface area contributed by atoms with Crippen molar-refractivity contribution in [1.29, 1.82) is 0 Å². The lowest BCUT2D eigenvalue weighted by molar-refractivity contribution is -0.0499. The Morgan fingerprint density at radius 1 is 1.25 bits per heavy atom. The summed E-state index contributed by atoms with van der Waals surface area (Å²) >= 11 is 0. The lowest BCUT2D eigenvalue weighted by Crippen LogP contribution is -2.01. The molecule has 1 rings (SSSR count). The van der Waals surface area contributed by atoms with E-state index in [0.717, 1.165) is 0 Å². The van der Waals surface area contributed by atoms with Gasteiger partial charge in [0.25, 0.3) is 0 Å². The fourth-order valence-corrected chi connectivity index (χ4v) is 0.740. The second-order valence-electron chi connectivity index (χ2n) is 2.00. The van der Waals surface area contributed by atoms with E-state index in [9.17, 15) is 8.78 Å². The van der Waals surface area contributed by atoms with Gasteiger partial charge in [-0.15, -0.1) is 0 Å². The Bertz CT molecular complexity index is 251. The van der Waals surface area contributed by atoms with Crippen LogP contribution < -0.4 is 9.47 Å². The number of halogens is 2. The minimum atomic E-state index is -2.81. The van der Waals surface area contributed by atoms with Crippen LogP contribution in [-0.2, 0) is 0 Å². The molecule has 0 unspecified atom stereocenters. The molecule has 0 amide bonds. The summed E-state index contributed by atoms with van der Waals surface area (Å²) in [6.07, 6.45) is 0. The molecule has 4 heteroatoms. The molecule has 1 radical (unpaired) electrons. The molecule has 0 saturated carbocycles. The van der Waals surface area contributed by atoms with Crippen molar-refractivity contribution in [2.24, 2.45) is 0 Å². The fraction of sp³-hybridized carbons (Fsp3) is 0.125. The van der Waals surface area contributed by atoms with Crippen molar-refractivity contribution >= 4 is 0 Å². The van der Waals surface area contributed by atoms with Gasteiger partial charge in [-0.05, 0) is 12.1 Å². The van der Waals surface area contributed by atoms with Gasteiger partial charge in [0, 0.05) is 6.07 Å². The first kappa shape index (κ1) is 8.77. The fourth-order valence-electron chi connectivity index (χ4n) is 0.740. The predicted molar refractivity (Wildman–Crippen MR) is 39.1 cm³/mol. The SMILES string of the molecule is [CH2]Oc1cccc(OC(F)F)c1. The molecule has 0 aromatic heterocycles. The van der Waals surface area contributed by atoms with Crippen LogP contribution >= 0.6 is 0 Å². The summed E-state index contributed by atoms with van der Waals surface area (Å²) in [5, 5.41) is 0. The minimum absolute atomic E-state index is 0.0613. The molecule has 0 atom stereocenters. The largest absolute Gasteiger partial charge is 0.490 e. The van der Waals surface area contributed by atoms with Crippen LogP contribution in [0, 0.1) is 7.11 Å². The molecule has 12 heavy (non-hydrogen) atoms. The zero-order valence-electron chi connectivity index (χ0n) is 6.17. The van der Waals surface area contributed by atoms with Crippen molar-refractivity contribution in [2.75, 3.05) is 0 Å². The summed E-state index contributed by atoms with van der Waals surface area (Å²) < 4.78 is 32.0. The molecule has 2 nitrogen and oxygen atoms in total. The van der Waals surface area contributed by atoms with Gasteiger partial charge in [-0.1, -0.05) is 6.07 Å². The average Bonchev–Trinajstić information content (AvgIpc) is 2.03. The van der Waals surface area contributed by atoms with Crippen LogP contribution in [0.15, 0.2) is 24.3 Å². The van der Waals surface area contributed by atoms with Gasteiger partial charge < -0.3 is 9.47 Å². The highest BCUT2D eigenvalue weighted by atomic mass is 19.3. The van der Waals surface area contributed by atoms with Gasteiger partial charge in [-0.3, -0.25) is 0 Å². The summed E-state index contributed by atoms with van der Waals surface area (Å²) in [7, 11) is 3.13. The number of hydrogen-bond acceptors (Lipinski definition) is 2. The number of ether oxygens (including phenoxy) is 2. The number of benzene rings is 1. The summed E-state index contributed by atoms with van der Waals surface area (Å²) in [5.74, 6) is 0.444. The van der Waals surface area contributed by atoms with Crippen LogP contribution in [-0.4, -0.2) is 6.61 Å². The zero-order valence-corrected chi connectivity index (χ0v) is 6.17. The third-order valence-corrected chi connectivity index (χ3v) is 1.20. The van der Waals surface area contributed by atoms with Gasteiger partial charge in [0.15, 0.2) is 0 Å². The lowest BCUT2D eigenvalue weighted by Gasteiger charge is -2.05. The topological polar surface area (TPSA) is 18.5 Å². The molecule has 0 saturated heterocycles. The summed E-state index contributed by atoms with van der Waals surface area (Å²) in [5.41, 5.74) is 0. The molecule has 0 bridgehead atoms. The summed E-state index contributed by atoms with van der Waals surface area (Å²) in [6, 6.07) is 5.87. The first-order valence-corrected chi connectivity index (χ1v) is 3.19. The van der Waals surface area contributed by atoms with Crippen molar-refractivity contribution in [3.63, 3.8) is 0 Å². The Labute approximate surface area is 68.7 Å². The Hall–Kier alpha value is -1.32. The molecule has 0 aliphatic heterocycles. The van der Waals surface area contributed by atoms with Crippen molar-refractivity contribution in [2.45, 2.75) is 6.61 Å². The molecule has 1 aromatic rings.